The van der Waals surface area contributed by atoms with E-state index in [9.17, 15) is 20.4 Å². The Hall–Kier alpha value is -4.66. The fourth-order valence-corrected chi connectivity index (χ4v) is 6.57. The van der Waals surface area contributed by atoms with Crippen LogP contribution in [0.5, 0.6) is 23.0 Å². The molecule has 0 bridgehead atoms. The summed E-state index contributed by atoms with van der Waals surface area (Å²) in [5, 5.41) is 45.6. The van der Waals surface area contributed by atoms with Gasteiger partial charge in [-0.3, -0.25) is 9.98 Å². The number of fused-ring (bicyclic) bond motifs is 7. The maximum Gasteiger partial charge on any atom is 0.202 e. The molecule has 0 spiro atoms. The molecule has 0 heterocycles. The Kier molecular flexibility index (Phi) is 6.49. The number of aromatic hydroxyl groups is 4. The summed E-state index contributed by atoms with van der Waals surface area (Å²) in [6, 6.07) is 29.7. The number of nitrogens with zero attached hydrogens (tertiary/aromatic N) is 2. The zero-order valence-electron chi connectivity index (χ0n) is 22.3. The molecule has 43 heavy (non-hydrogen) atoms. The molecule has 6 aromatic rings. The van der Waals surface area contributed by atoms with Crippen molar-refractivity contribution in [2.45, 2.75) is 5.66 Å². The van der Waals surface area contributed by atoms with E-state index in [0.29, 0.717) is 11.1 Å². The largest absolute Gasteiger partial charge is 0.504 e. The maximum absolute atomic E-state index is 10.6. The van der Waals surface area contributed by atoms with Crippen LogP contribution in [0.1, 0.15) is 22.3 Å². The highest BCUT2D eigenvalue weighted by molar-refractivity contribution is 9.10. The van der Waals surface area contributed by atoms with Gasteiger partial charge in [0.05, 0.1) is 0 Å². The van der Waals surface area contributed by atoms with Gasteiger partial charge in [0.2, 0.25) is 5.66 Å². The van der Waals surface area contributed by atoms with Crippen molar-refractivity contribution in [3.63, 3.8) is 0 Å². The van der Waals surface area contributed by atoms with Crippen molar-refractivity contribution in [1.29, 1.82) is 0 Å². The topological polar surface area (TPSA) is 106 Å². The Labute approximate surface area is 263 Å². The number of para-hydroxylation sites is 2. The lowest BCUT2D eigenvalue weighted by Crippen LogP contribution is -2.21. The first kappa shape index (κ1) is 27.2. The van der Waals surface area contributed by atoms with Crippen molar-refractivity contribution in [2.75, 3.05) is 0 Å². The van der Waals surface area contributed by atoms with Gasteiger partial charge in [-0.1, -0.05) is 80.4 Å². The molecule has 4 N–H and O–H groups in total. The summed E-state index contributed by atoms with van der Waals surface area (Å²) < 4.78 is 1.92. The van der Waals surface area contributed by atoms with Gasteiger partial charge in [-0.05, 0) is 81.2 Å². The summed E-state index contributed by atoms with van der Waals surface area (Å²) in [7, 11) is 0. The van der Waals surface area contributed by atoms with Crippen LogP contribution >= 0.6 is 31.9 Å². The SMILES string of the molecule is Oc1cccc(C=NC2(N=Cc3cccc(O)c3O)c3ccc4cc(Br)ccc4c3-c3c2ccc2cc(Br)ccc32)c1O. The molecule has 0 saturated heterocycles. The molecule has 0 aliphatic heterocycles. The summed E-state index contributed by atoms with van der Waals surface area (Å²) in [5.41, 5.74) is 2.85. The van der Waals surface area contributed by atoms with E-state index in [2.05, 4.69) is 56.1 Å². The molecular weight excluding hydrogens is 672 g/mol. The number of aliphatic imine (C=N–C) groups is 2. The zero-order valence-corrected chi connectivity index (χ0v) is 25.5. The number of rotatable bonds is 4. The van der Waals surface area contributed by atoms with E-state index in [1.807, 2.05) is 36.4 Å². The molecule has 0 radical (unpaired) electrons. The van der Waals surface area contributed by atoms with Crippen molar-refractivity contribution in [3.05, 3.63) is 128 Å². The first-order valence-corrected chi connectivity index (χ1v) is 14.9. The summed E-state index contributed by atoms with van der Waals surface area (Å²) in [6.45, 7) is 0. The number of benzene rings is 6. The first-order chi connectivity index (χ1) is 20.8. The molecular formula is C35H22Br2N2O4. The van der Waals surface area contributed by atoms with Crippen LogP contribution < -0.4 is 0 Å². The molecule has 0 unspecified atom stereocenters. The number of halogens is 2. The number of hydrogen-bond acceptors (Lipinski definition) is 6. The molecule has 8 heteroatoms. The van der Waals surface area contributed by atoms with E-state index in [1.54, 1.807) is 24.3 Å². The second kappa shape index (κ2) is 10.3. The molecule has 210 valence electrons. The molecule has 1 aliphatic rings. The number of hydrogen-bond donors (Lipinski definition) is 4. The third kappa shape index (κ3) is 4.37. The monoisotopic (exact) mass is 692 g/mol. The molecule has 6 aromatic carbocycles. The second-order valence-electron chi connectivity index (χ2n) is 10.3. The van der Waals surface area contributed by atoms with E-state index >= 15 is 0 Å². The van der Waals surface area contributed by atoms with Gasteiger partial charge in [0, 0.05) is 43.6 Å². The van der Waals surface area contributed by atoms with E-state index in [4.69, 9.17) is 9.98 Å². The van der Waals surface area contributed by atoms with Crippen molar-refractivity contribution >= 4 is 65.8 Å². The molecule has 7 rings (SSSR count). The predicted octanol–water partition coefficient (Wildman–Crippen LogP) is 8.76. The van der Waals surface area contributed by atoms with Crippen LogP contribution in [0.3, 0.4) is 0 Å². The Balaban J connectivity index is 1.60. The van der Waals surface area contributed by atoms with Crippen molar-refractivity contribution in [3.8, 4) is 34.1 Å². The maximum atomic E-state index is 10.6. The van der Waals surface area contributed by atoms with E-state index in [0.717, 1.165) is 52.7 Å². The van der Waals surface area contributed by atoms with Crippen LogP contribution in [0.25, 0.3) is 32.7 Å². The van der Waals surface area contributed by atoms with Crippen LogP contribution in [-0.4, -0.2) is 32.9 Å². The second-order valence-corrected chi connectivity index (χ2v) is 12.2. The van der Waals surface area contributed by atoms with Gasteiger partial charge in [-0.15, -0.1) is 0 Å². The third-order valence-electron chi connectivity index (χ3n) is 7.84. The molecule has 0 aromatic heterocycles. The number of phenolic OH excluding ortho intramolecular Hbond substituents is 4. The van der Waals surface area contributed by atoms with Crippen LogP contribution in [0, 0.1) is 0 Å². The normalized spacial score (nSPS) is 13.7. The summed E-state index contributed by atoms with van der Waals surface area (Å²) in [6.07, 6.45) is 3.01. The average molecular weight is 694 g/mol. The Morgan fingerprint density at radius 2 is 0.977 bits per heavy atom. The fourth-order valence-electron chi connectivity index (χ4n) is 5.81. The standard InChI is InChI=1S/C35H22Br2N2O4/c36-23-9-11-25-19(15-23)7-13-27-31(25)32-26-12-10-24(37)16-20(26)8-14-28(32)35(27,38-17-21-3-1-5-29(40)33(21)42)39-18-22-4-2-6-30(41)34(22)43/h1-18,40-43H. The molecule has 0 fully saturated rings. The highest BCUT2D eigenvalue weighted by atomic mass is 79.9. The highest BCUT2D eigenvalue weighted by Crippen LogP contribution is 2.55. The van der Waals surface area contributed by atoms with E-state index in [1.165, 1.54) is 24.6 Å². The smallest absolute Gasteiger partial charge is 0.202 e. The molecule has 6 nitrogen and oxygen atoms in total. The predicted molar refractivity (Wildman–Crippen MR) is 178 cm³/mol. The first-order valence-electron chi connectivity index (χ1n) is 13.3. The Bertz CT molecular complexity index is 2020. The zero-order chi connectivity index (χ0) is 29.9. The van der Waals surface area contributed by atoms with Crippen LogP contribution in [0.15, 0.2) is 116 Å². The van der Waals surface area contributed by atoms with Crippen molar-refractivity contribution < 1.29 is 20.4 Å². The minimum atomic E-state index is -1.34. The molecule has 0 atom stereocenters. The fraction of sp³-hybridized carbons (Fsp3) is 0.0286. The quantitative estimate of drug-likeness (QED) is 0.109. The summed E-state index contributed by atoms with van der Waals surface area (Å²) in [5.74, 6) is -1.10. The lowest BCUT2D eigenvalue weighted by atomic mass is 9.94. The van der Waals surface area contributed by atoms with Gasteiger partial charge in [-0.25, -0.2) is 0 Å². The van der Waals surface area contributed by atoms with Gasteiger partial charge in [-0.2, -0.15) is 0 Å². The van der Waals surface area contributed by atoms with E-state index < -0.39 is 5.66 Å². The van der Waals surface area contributed by atoms with Crippen LogP contribution in [-0.2, 0) is 5.66 Å². The molecule has 0 amide bonds. The highest BCUT2D eigenvalue weighted by Gasteiger charge is 2.44. The van der Waals surface area contributed by atoms with E-state index in [-0.39, 0.29) is 23.0 Å². The minimum absolute atomic E-state index is 0.258. The Morgan fingerprint density at radius 1 is 0.535 bits per heavy atom. The van der Waals surface area contributed by atoms with Crippen molar-refractivity contribution in [1.82, 2.24) is 0 Å². The van der Waals surface area contributed by atoms with Gasteiger partial charge in [0.15, 0.2) is 23.0 Å². The van der Waals surface area contributed by atoms with Gasteiger partial charge in [0.1, 0.15) is 0 Å². The Morgan fingerprint density at radius 3 is 1.42 bits per heavy atom. The lowest BCUT2D eigenvalue weighted by Gasteiger charge is -2.24. The van der Waals surface area contributed by atoms with Crippen molar-refractivity contribution in [2.24, 2.45) is 9.98 Å². The third-order valence-corrected chi connectivity index (χ3v) is 8.82. The van der Waals surface area contributed by atoms with Gasteiger partial charge >= 0.3 is 0 Å². The van der Waals surface area contributed by atoms with Crippen LogP contribution in [0.4, 0.5) is 0 Å². The average Bonchev–Trinajstić information content (AvgIpc) is 3.28. The summed E-state index contributed by atoms with van der Waals surface area (Å²) >= 11 is 7.20. The van der Waals surface area contributed by atoms with Gasteiger partial charge < -0.3 is 20.4 Å². The summed E-state index contributed by atoms with van der Waals surface area (Å²) in [4.78, 5) is 10.1. The molecule has 0 saturated carbocycles. The van der Waals surface area contributed by atoms with Gasteiger partial charge in [0.25, 0.3) is 0 Å². The molecule has 1 aliphatic carbocycles. The van der Waals surface area contributed by atoms with Crippen LogP contribution in [0.2, 0.25) is 0 Å². The lowest BCUT2D eigenvalue weighted by molar-refractivity contribution is 0.403. The number of phenols is 4. The minimum Gasteiger partial charge on any atom is -0.504 e.